The van der Waals surface area contributed by atoms with Gasteiger partial charge in [-0.25, -0.2) is 13.4 Å². The second-order valence-corrected chi connectivity index (χ2v) is 8.19. The average molecular weight is 397 g/mol. The maximum absolute atomic E-state index is 13.2. The molecule has 1 aromatic heterocycles. The van der Waals surface area contributed by atoms with Crippen LogP contribution in [0, 0.1) is 6.92 Å². The number of piperazine rings is 1. The predicted molar refractivity (Wildman–Crippen MR) is 106 cm³/mol. The van der Waals surface area contributed by atoms with Crippen molar-refractivity contribution < 1.29 is 8.42 Å². The van der Waals surface area contributed by atoms with Gasteiger partial charge in [-0.1, -0.05) is 31.2 Å². The SMILES string of the molecule is CCc1ccc(C2CNCCN2S(=O)(=O)c2cc(C)cnc2N)cc1.Cl. The molecule has 1 unspecified atom stereocenters. The van der Waals surface area contributed by atoms with Gasteiger partial charge in [0.2, 0.25) is 10.0 Å². The van der Waals surface area contributed by atoms with Crippen LogP contribution in [-0.4, -0.2) is 37.3 Å². The molecular weight excluding hydrogens is 372 g/mol. The number of anilines is 1. The summed E-state index contributed by atoms with van der Waals surface area (Å²) in [7, 11) is -3.72. The monoisotopic (exact) mass is 396 g/mol. The maximum Gasteiger partial charge on any atom is 0.247 e. The van der Waals surface area contributed by atoms with Gasteiger partial charge in [-0.15, -0.1) is 12.4 Å². The highest BCUT2D eigenvalue weighted by Crippen LogP contribution is 2.31. The molecule has 1 aromatic carbocycles. The van der Waals surface area contributed by atoms with Gasteiger partial charge >= 0.3 is 0 Å². The number of nitrogens with two attached hydrogens (primary N) is 1. The fraction of sp³-hybridized carbons (Fsp3) is 0.389. The Bertz CT molecular complexity index is 856. The number of nitrogens with zero attached hydrogens (tertiary/aromatic N) is 2. The summed E-state index contributed by atoms with van der Waals surface area (Å²) in [6.07, 6.45) is 2.53. The summed E-state index contributed by atoms with van der Waals surface area (Å²) < 4.78 is 28.0. The third-order valence-corrected chi connectivity index (χ3v) is 6.51. The van der Waals surface area contributed by atoms with Gasteiger partial charge in [0.25, 0.3) is 0 Å². The minimum atomic E-state index is -3.72. The number of pyridine rings is 1. The fourth-order valence-electron chi connectivity index (χ4n) is 3.12. The first kappa shape index (κ1) is 20.6. The lowest BCUT2D eigenvalue weighted by Gasteiger charge is -2.35. The Morgan fingerprint density at radius 1 is 1.31 bits per heavy atom. The second-order valence-electron chi connectivity index (χ2n) is 6.33. The van der Waals surface area contributed by atoms with E-state index in [1.807, 2.05) is 19.1 Å². The van der Waals surface area contributed by atoms with Gasteiger partial charge in [-0.3, -0.25) is 0 Å². The molecule has 1 atom stereocenters. The van der Waals surface area contributed by atoms with Crippen LogP contribution in [0.4, 0.5) is 5.82 Å². The molecule has 3 N–H and O–H groups in total. The van der Waals surface area contributed by atoms with E-state index in [0.29, 0.717) is 19.6 Å². The van der Waals surface area contributed by atoms with Crippen LogP contribution in [0.5, 0.6) is 0 Å². The maximum atomic E-state index is 13.2. The number of rotatable bonds is 4. The predicted octanol–water partition coefficient (Wildman–Crippen LogP) is 2.29. The summed E-state index contributed by atoms with van der Waals surface area (Å²) >= 11 is 0. The van der Waals surface area contributed by atoms with Crippen LogP contribution in [0.15, 0.2) is 41.4 Å². The largest absolute Gasteiger partial charge is 0.383 e. The lowest BCUT2D eigenvalue weighted by molar-refractivity contribution is 0.271. The molecule has 0 aliphatic carbocycles. The Labute approximate surface area is 161 Å². The number of hydrogen-bond donors (Lipinski definition) is 2. The van der Waals surface area contributed by atoms with Gasteiger partial charge in [-0.05, 0) is 36.1 Å². The summed E-state index contributed by atoms with van der Waals surface area (Å²) in [5, 5.41) is 3.29. The van der Waals surface area contributed by atoms with E-state index in [2.05, 4.69) is 29.4 Å². The summed E-state index contributed by atoms with van der Waals surface area (Å²) in [4.78, 5) is 4.10. The van der Waals surface area contributed by atoms with Crippen molar-refractivity contribution in [1.82, 2.24) is 14.6 Å². The third-order valence-electron chi connectivity index (χ3n) is 4.57. The number of hydrogen-bond acceptors (Lipinski definition) is 5. The molecule has 6 nitrogen and oxygen atoms in total. The van der Waals surface area contributed by atoms with E-state index in [4.69, 9.17) is 5.73 Å². The van der Waals surface area contributed by atoms with E-state index >= 15 is 0 Å². The van der Waals surface area contributed by atoms with Crippen molar-refractivity contribution in [2.24, 2.45) is 0 Å². The van der Waals surface area contributed by atoms with Crippen LogP contribution in [0.3, 0.4) is 0 Å². The molecule has 0 radical (unpaired) electrons. The normalized spacial score (nSPS) is 18.3. The molecule has 1 fully saturated rings. The molecule has 3 rings (SSSR count). The van der Waals surface area contributed by atoms with E-state index in [1.54, 1.807) is 12.3 Å². The summed E-state index contributed by atoms with van der Waals surface area (Å²) in [5.41, 5.74) is 8.85. The van der Waals surface area contributed by atoms with E-state index < -0.39 is 10.0 Å². The lowest BCUT2D eigenvalue weighted by Crippen LogP contribution is -2.48. The van der Waals surface area contributed by atoms with E-state index in [-0.39, 0.29) is 29.2 Å². The highest BCUT2D eigenvalue weighted by molar-refractivity contribution is 7.89. The minimum Gasteiger partial charge on any atom is -0.383 e. The van der Waals surface area contributed by atoms with Crippen molar-refractivity contribution in [2.75, 3.05) is 25.4 Å². The van der Waals surface area contributed by atoms with Crippen LogP contribution in [-0.2, 0) is 16.4 Å². The zero-order chi connectivity index (χ0) is 18.0. The molecule has 142 valence electrons. The molecule has 2 heterocycles. The van der Waals surface area contributed by atoms with Gasteiger partial charge in [0.15, 0.2) is 0 Å². The van der Waals surface area contributed by atoms with Crippen LogP contribution in [0.25, 0.3) is 0 Å². The molecule has 0 bridgehead atoms. The molecule has 1 aliphatic rings. The molecule has 0 spiro atoms. The highest BCUT2D eigenvalue weighted by Gasteiger charge is 2.35. The Morgan fingerprint density at radius 2 is 2.00 bits per heavy atom. The van der Waals surface area contributed by atoms with Crippen LogP contribution in [0.2, 0.25) is 0 Å². The van der Waals surface area contributed by atoms with E-state index in [0.717, 1.165) is 17.5 Å². The number of halogens is 1. The second kappa shape index (κ2) is 8.35. The smallest absolute Gasteiger partial charge is 0.247 e. The number of nitrogens with one attached hydrogen (secondary N) is 1. The minimum absolute atomic E-state index is 0. The van der Waals surface area contributed by atoms with Gasteiger partial charge in [0.1, 0.15) is 10.7 Å². The Kier molecular flexibility index (Phi) is 6.63. The average Bonchev–Trinajstić information content (AvgIpc) is 2.63. The Morgan fingerprint density at radius 3 is 2.65 bits per heavy atom. The standard InChI is InChI=1S/C18H24N4O2S.ClH/c1-3-14-4-6-15(7-5-14)16-12-20-8-9-22(16)25(23,24)17-10-13(2)11-21-18(17)19;/h4-7,10-11,16,20H,3,8-9,12H2,1-2H3,(H2,19,21);1H. The lowest BCUT2D eigenvalue weighted by atomic mass is 10.0. The molecule has 26 heavy (non-hydrogen) atoms. The summed E-state index contributed by atoms with van der Waals surface area (Å²) in [6, 6.07) is 9.46. The van der Waals surface area contributed by atoms with Crippen molar-refractivity contribution in [3.8, 4) is 0 Å². The van der Waals surface area contributed by atoms with Gasteiger partial charge < -0.3 is 11.1 Å². The van der Waals surface area contributed by atoms with Crippen molar-refractivity contribution in [3.05, 3.63) is 53.2 Å². The Balaban J connectivity index is 0.00000243. The zero-order valence-electron chi connectivity index (χ0n) is 15.0. The number of sulfonamides is 1. The molecule has 1 aliphatic heterocycles. The molecule has 2 aromatic rings. The zero-order valence-corrected chi connectivity index (χ0v) is 16.6. The fourth-order valence-corrected chi connectivity index (χ4v) is 4.89. The quantitative estimate of drug-likeness (QED) is 0.827. The molecular formula is C18H25ClN4O2S. The summed E-state index contributed by atoms with van der Waals surface area (Å²) in [6.45, 7) is 5.49. The molecule has 1 saturated heterocycles. The topological polar surface area (TPSA) is 88.3 Å². The third kappa shape index (κ3) is 4.01. The van der Waals surface area contributed by atoms with Gasteiger partial charge in [0.05, 0.1) is 6.04 Å². The Hall–Kier alpha value is -1.67. The van der Waals surface area contributed by atoms with Crippen LogP contribution < -0.4 is 11.1 Å². The first-order valence-electron chi connectivity index (χ1n) is 8.47. The van der Waals surface area contributed by atoms with Gasteiger partial charge in [0, 0.05) is 25.8 Å². The number of aromatic nitrogens is 1. The highest BCUT2D eigenvalue weighted by atomic mass is 35.5. The van der Waals surface area contributed by atoms with Crippen molar-refractivity contribution in [3.63, 3.8) is 0 Å². The van der Waals surface area contributed by atoms with Crippen molar-refractivity contribution in [1.29, 1.82) is 0 Å². The van der Waals surface area contributed by atoms with Gasteiger partial charge in [-0.2, -0.15) is 4.31 Å². The molecule has 0 saturated carbocycles. The first-order valence-corrected chi connectivity index (χ1v) is 9.91. The first-order chi connectivity index (χ1) is 11.9. The molecule has 8 heteroatoms. The van der Waals surface area contributed by atoms with Crippen molar-refractivity contribution in [2.45, 2.75) is 31.2 Å². The van der Waals surface area contributed by atoms with Crippen LogP contribution >= 0.6 is 12.4 Å². The number of nitrogen functional groups attached to an aromatic ring is 1. The van der Waals surface area contributed by atoms with E-state index in [9.17, 15) is 8.42 Å². The molecule has 0 amide bonds. The number of aryl methyl sites for hydroxylation is 2. The summed E-state index contributed by atoms with van der Waals surface area (Å²) in [5.74, 6) is 0.0456. The van der Waals surface area contributed by atoms with Crippen molar-refractivity contribution >= 4 is 28.2 Å². The number of benzene rings is 1. The van der Waals surface area contributed by atoms with Crippen LogP contribution in [0.1, 0.15) is 29.7 Å². The van der Waals surface area contributed by atoms with E-state index in [1.165, 1.54) is 9.87 Å².